The summed E-state index contributed by atoms with van der Waals surface area (Å²) in [6, 6.07) is 6.50. The summed E-state index contributed by atoms with van der Waals surface area (Å²) in [4.78, 5) is 14.4. The van der Waals surface area contributed by atoms with Crippen LogP contribution >= 0.6 is 24.8 Å². The molecule has 0 fully saturated rings. The minimum Gasteiger partial charge on any atom is -0.478 e. The molecule has 2 heterocycles. The van der Waals surface area contributed by atoms with Gasteiger partial charge in [0.25, 0.3) is 0 Å². The van der Waals surface area contributed by atoms with Crippen molar-refractivity contribution in [3.63, 3.8) is 0 Å². The molecule has 4 nitrogen and oxygen atoms in total. The number of benzene rings is 1. The Bertz CT molecular complexity index is 821. The number of carboxylic acid groups (broad SMARTS) is 1. The van der Waals surface area contributed by atoms with E-state index in [1.807, 2.05) is 12.3 Å². The molecule has 4 rings (SSSR count). The first-order valence-electron chi connectivity index (χ1n) is 7.23. The molecule has 0 atom stereocenters. The van der Waals surface area contributed by atoms with E-state index in [1.165, 1.54) is 16.5 Å². The fourth-order valence-corrected chi connectivity index (χ4v) is 3.29. The highest BCUT2D eigenvalue weighted by molar-refractivity contribution is 5.92. The van der Waals surface area contributed by atoms with Gasteiger partial charge in [-0.1, -0.05) is 0 Å². The van der Waals surface area contributed by atoms with E-state index >= 15 is 0 Å². The molecule has 1 aromatic carbocycles. The topological polar surface area (TPSA) is 65.1 Å². The Labute approximate surface area is 146 Å². The first-order valence-corrected chi connectivity index (χ1v) is 7.23. The van der Waals surface area contributed by atoms with E-state index in [2.05, 4.69) is 28.5 Å². The van der Waals surface area contributed by atoms with Gasteiger partial charge in [0.1, 0.15) is 0 Å². The summed E-state index contributed by atoms with van der Waals surface area (Å²) in [5, 5.41) is 13.7. The van der Waals surface area contributed by atoms with E-state index in [4.69, 9.17) is 0 Å². The van der Waals surface area contributed by atoms with Crippen LogP contribution in [0.25, 0.3) is 16.6 Å². The number of aromatic nitrogens is 1. The minimum absolute atomic E-state index is 0. The molecule has 2 aliphatic rings. The highest BCUT2D eigenvalue weighted by Gasteiger charge is 2.22. The predicted molar refractivity (Wildman–Crippen MR) is 96.4 cm³/mol. The maximum absolute atomic E-state index is 11.2. The van der Waals surface area contributed by atoms with E-state index in [0.29, 0.717) is 12.1 Å². The molecule has 0 bridgehead atoms. The van der Waals surface area contributed by atoms with E-state index in [0.717, 1.165) is 36.0 Å². The summed E-state index contributed by atoms with van der Waals surface area (Å²) in [5.74, 6) is -0.834. The van der Waals surface area contributed by atoms with Gasteiger partial charge in [-0.3, -0.25) is 0 Å². The zero-order valence-corrected chi connectivity index (χ0v) is 14.0. The van der Waals surface area contributed by atoms with Gasteiger partial charge in [0, 0.05) is 34.9 Å². The number of hydrogen-bond acceptors (Lipinski definition) is 2. The van der Waals surface area contributed by atoms with Gasteiger partial charge in [0.2, 0.25) is 0 Å². The van der Waals surface area contributed by atoms with Gasteiger partial charge in [0.15, 0.2) is 0 Å². The maximum Gasteiger partial charge on any atom is 0.333 e. The molecule has 0 saturated heterocycles. The van der Waals surface area contributed by atoms with Crippen molar-refractivity contribution in [2.45, 2.75) is 19.3 Å². The molecule has 0 radical (unpaired) electrons. The number of H-pyrrole nitrogens is 1. The number of aliphatic carboxylic acids is 1. The van der Waals surface area contributed by atoms with Crippen LogP contribution < -0.4 is 5.32 Å². The number of halogens is 2. The number of carboxylic acids is 1. The molecular weight excluding hydrogens is 335 g/mol. The Morgan fingerprint density at radius 2 is 2.00 bits per heavy atom. The third kappa shape index (κ3) is 2.96. The number of rotatable bonds is 1. The molecule has 6 heteroatoms. The van der Waals surface area contributed by atoms with Crippen molar-refractivity contribution in [3.05, 3.63) is 52.7 Å². The Balaban J connectivity index is 0.000000960. The highest BCUT2D eigenvalue weighted by atomic mass is 35.5. The molecule has 0 saturated carbocycles. The lowest BCUT2D eigenvalue weighted by molar-refractivity contribution is -0.132. The number of dihydropyridines is 1. The lowest BCUT2D eigenvalue weighted by Gasteiger charge is -2.21. The number of aryl methyl sites for hydroxylation is 1. The molecule has 1 aliphatic carbocycles. The van der Waals surface area contributed by atoms with Crippen molar-refractivity contribution < 1.29 is 9.90 Å². The average Bonchev–Trinajstić information content (AvgIpc) is 2.85. The largest absolute Gasteiger partial charge is 0.478 e. The predicted octanol–water partition coefficient (Wildman–Crippen LogP) is 3.67. The van der Waals surface area contributed by atoms with Crippen molar-refractivity contribution in [1.29, 1.82) is 0 Å². The van der Waals surface area contributed by atoms with Crippen molar-refractivity contribution in [2.24, 2.45) is 0 Å². The molecule has 0 spiro atoms. The SMILES string of the molecule is Cl.Cl.O=C(O)C1=CC2=C(NC1)c1cc3cc[nH]c3cc1CCC2. The van der Waals surface area contributed by atoms with Crippen LogP contribution in [0.5, 0.6) is 0 Å². The Morgan fingerprint density at radius 1 is 1.17 bits per heavy atom. The van der Waals surface area contributed by atoms with E-state index in [9.17, 15) is 9.90 Å². The van der Waals surface area contributed by atoms with Crippen LogP contribution in [0.3, 0.4) is 0 Å². The third-order valence-corrected chi connectivity index (χ3v) is 4.34. The number of nitrogens with one attached hydrogen (secondary N) is 2. The van der Waals surface area contributed by atoms with Gasteiger partial charge in [0.05, 0.1) is 5.57 Å². The first kappa shape index (κ1) is 17.4. The van der Waals surface area contributed by atoms with Crippen molar-refractivity contribution >= 4 is 47.4 Å². The number of carbonyl (C=O) groups is 1. The molecule has 2 aromatic rings. The quantitative estimate of drug-likeness (QED) is 0.733. The molecule has 23 heavy (non-hydrogen) atoms. The minimum atomic E-state index is -0.834. The van der Waals surface area contributed by atoms with Crippen molar-refractivity contribution in [2.75, 3.05) is 6.54 Å². The van der Waals surface area contributed by atoms with Gasteiger partial charge < -0.3 is 15.4 Å². The summed E-state index contributed by atoms with van der Waals surface area (Å²) < 4.78 is 0. The average molecular weight is 353 g/mol. The fourth-order valence-electron chi connectivity index (χ4n) is 3.29. The van der Waals surface area contributed by atoms with E-state index < -0.39 is 5.97 Å². The fraction of sp³-hybridized carbons (Fsp3) is 0.235. The van der Waals surface area contributed by atoms with Gasteiger partial charge in [-0.05, 0) is 54.7 Å². The first-order chi connectivity index (χ1) is 10.2. The normalized spacial score (nSPS) is 16.1. The molecule has 122 valence electrons. The van der Waals surface area contributed by atoms with Crippen molar-refractivity contribution in [3.8, 4) is 0 Å². The van der Waals surface area contributed by atoms with Crippen LogP contribution in [0.2, 0.25) is 0 Å². The molecule has 1 aromatic heterocycles. The van der Waals surface area contributed by atoms with Crippen LogP contribution in [-0.2, 0) is 11.2 Å². The third-order valence-electron chi connectivity index (χ3n) is 4.34. The lowest BCUT2D eigenvalue weighted by Crippen LogP contribution is -2.24. The van der Waals surface area contributed by atoms with Crippen LogP contribution in [0.1, 0.15) is 24.0 Å². The Kier molecular flexibility index (Phi) is 5.07. The Morgan fingerprint density at radius 3 is 2.78 bits per heavy atom. The van der Waals surface area contributed by atoms with Crippen molar-refractivity contribution in [1.82, 2.24) is 10.3 Å². The van der Waals surface area contributed by atoms with Gasteiger partial charge >= 0.3 is 5.97 Å². The smallest absolute Gasteiger partial charge is 0.333 e. The van der Waals surface area contributed by atoms with Crippen LogP contribution in [0.15, 0.2) is 41.6 Å². The van der Waals surface area contributed by atoms with E-state index in [-0.39, 0.29) is 24.8 Å². The second kappa shape index (κ2) is 6.69. The van der Waals surface area contributed by atoms with Crippen LogP contribution in [0, 0.1) is 0 Å². The van der Waals surface area contributed by atoms with Crippen LogP contribution in [0.4, 0.5) is 0 Å². The summed E-state index contributed by atoms with van der Waals surface area (Å²) in [6.45, 7) is 0.388. The summed E-state index contributed by atoms with van der Waals surface area (Å²) in [7, 11) is 0. The monoisotopic (exact) mass is 352 g/mol. The molecule has 0 unspecified atom stereocenters. The lowest BCUT2D eigenvalue weighted by atomic mass is 9.96. The summed E-state index contributed by atoms with van der Waals surface area (Å²) in [6.07, 6.45) is 6.79. The molecule has 1 aliphatic heterocycles. The number of hydrogen-bond donors (Lipinski definition) is 3. The Hall–Kier alpha value is -1.91. The molecule has 0 amide bonds. The van der Waals surface area contributed by atoms with E-state index in [1.54, 1.807) is 0 Å². The summed E-state index contributed by atoms with van der Waals surface area (Å²) in [5.41, 5.74) is 6.38. The van der Waals surface area contributed by atoms with Gasteiger partial charge in [-0.2, -0.15) is 0 Å². The zero-order chi connectivity index (χ0) is 14.4. The van der Waals surface area contributed by atoms with Gasteiger partial charge in [-0.15, -0.1) is 24.8 Å². The zero-order valence-electron chi connectivity index (χ0n) is 12.4. The standard InChI is InChI=1S/C17H16N2O2.2ClH/c20-17(21)13-6-12-3-1-2-10-8-15-11(4-5-18-15)7-14(10)16(12)19-9-13;;/h4-8,18-19H,1-3,9H2,(H,20,21);2*1H. The maximum atomic E-state index is 11.2. The molecule has 3 N–H and O–H groups in total. The highest BCUT2D eigenvalue weighted by Crippen LogP contribution is 2.34. The summed E-state index contributed by atoms with van der Waals surface area (Å²) >= 11 is 0. The molecular formula is C17H18Cl2N2O2. The second-order valence-electron chi connectivity index (χ2n) is 5.66. The number of aromatic amines is 1. The van der Waals surface area contributed by atoms with Crippen LogP contribution in [-0.4, -0.2) is 22.6 Å². The number of allylic oxidation sites excluding steroid dienone is 2. The van der Waals surface area contributed by atoms with Gasteiger partial charge in [-0.25, -0.2) is 4.79 Å². The number of fused-ring (bicyclic) bond motifs is 3. The second-order valence-corrected chi connectivity index (χ2v) is 5.66.